The second-order valence-corrected chi connectivity index (χ2v) is 5.87. The second-order valence-electron chi connectivity index (χ2n) is 4.92. The number of H-pyrrole nitrogens is 1. The van der Waals surface area contributed by atoms with Crippen molar-refractivity contribution in [1.29, 1.82) is 0 Å². The molecule has 0 bridgehead atoms. The van der Waals surface area contributed by atoms with E-state index in [1.165, 1.54) is 11.8 Å². The lowest BCUT2D eigenvalue weighted by Crippen LogP contribution is -2.16. The van der Waals surface area contributed by atoms with Crippen molar-refractivity contribution < 1.29 is 0 Å². The highest BCUT2D eigenvalue weighted by atomic mass is 32.2. The first kappa shape index (κ1) is 12.4. The Balaban J connectivity index is 1.83. The molecule has 0 spiro atoms. The van der Waals surface area contributed by atoms with Crippen LogP contribution in [0.15, 0.2) is 39.2 Å². The molecule has 0 saturated heterocycles. The van der Waals surface area contributed by atoms with Gasteiger partial charge in [-0.05, 0) is 30.7 Å². The molecule has 1 aliphatic carbocycles. The van der Waals surface area contributed by atoms with Gasteiger partial charge in [0.1, 0.15) is 5.03 Å². The van der Waals surface area contributed by atoms with Gasteiger partial charge in [-0.25, -0.2) is 19.9 Å². The van der Waals surface area contributed by atoms with Crippen LogP contribution in [0.3, 0.4) is 0 Å². The van der Waals surface area contributed by atoms with Gasteiger partial charge in [0.2, 0.25) is 5.95 Å². The predicted octanol–water partition coefficient (Wildman–Crippen LogP) is 1.58. The summed E-state index contributed by atoms with van der Waals surface area (Å²) in [6.07, 6.45) is 2.03. The number of nitrogens with two attached hydrogens (primary N) is 1. The maximum Gasteiger partial charge on any atom is 0.344 e. The number of anilines is 1. The molecule has 0 atom stereocenters. The largest absolute Gasteiger partial charge is 0.368 e. The van der Waals surface area contributed by atoms with E-state index in [1.807, 2.05) is 24.3 Å². The Morgan fingerprint density at radius 2 is 2.10 bits per heavy atom. The molecule has 0 aliphatic heterocycles. The monoisotopic (exact) mass is 300 g/mol. The van der Waals surface area contributed by atoms with Gasteiger partial charge in [0, 0.05) is 11.4 Å². The van der Waals surface area contributed by atoms with E-state index in [0.29, 0.717) is 10.2 Å². The molecule has 1 fully saturated rings. The molecule has 21 heavy (non-hydrogen) atoms. The van der Waals surface area contributed by atoms with Crippen molar-refractivity contribution >= 4 is 28.6 Å². The van der Waals surface area contributed by atoms with Crippen molar-refractivity contribution in [1.82, 2.24) is 24.7 Å². The number of aromatic nitrogens is 5. The highest BCUT2D eigenvalue weighted by molar-refractivity contribution is 7.99. The summed E-state index contributed by atoms with van der Waals surface area (Å²) in [5.41, 5.74) is 6.37. The van der Waals surface area contributed by atoms with Gasteiger partial charge in [-0.2, -0.15) is 0 Å². The van der Waals surface area contributed by atoms with E-state index < -0.39 is 0 Å². The number of aromatic amines is 1. The first-order valence-corrected chi connectivity index (χ1v) is 7.41. The van der Waals surface area contributed by atoms with Crippen LogP contribution >= 0.6 is 11.8 Å². The molecule has 2 heterocycles. The lowest BCUT2D eigenvalue weighted by molar-refractivity contribution is 0.642. The van der Waals surface area contributed by atoms with E-state index in [0.717, 1.165) is 23.7 Å². The van der Waals surface area contributed by atoms with Crippen LogP contribution in [0.5, 0.6) is 0 Å². The molecule has 1 aliphatic rings. The molecule has 1 aromatic carbocycles. The van der Waals surface area contributed by atoms with E-state index in [2.05, 4.69) is 20.2 Å². The zero-order valence-electron chi connectivity index (χ0n) is 11.0. The number of para-hydroxylation sites is 1. The standard InChI is InChI=1S/C13H12N6OS/c14-11-15-9-4-2-1-3-8(9)10(16-11)21-13-18-17-12(20)19(13)7-5-6-7/h1-4,7H,5-6H2,(H,17,20)(H2,14,15,16). The summed E-state index contributed by atoms with van der Waals surface area (Å²) in [5, 5.41) is 8.82. The molecule has 3 N–H and O–H groups in total. The fourth-order valence-corrected chi connectivity index (χ4v) is 3.26. The van der Waals surface area contributed by atoms with Crippen molar-refractivity contribution in [3.05, 3.63) is 34.7 Å². The molecular weight excluding hydrogens is 288 g/mol. The number of hydrogen-bond acceptors (Lipinski definition) is 6. The molecule has 0 unspecified atom stereocenters. The normalized spacial score (nSPS) is 14.7. The second kappa shape index (κ2) is 4.59. The van der Waals surface area contributed by atoms with Crippen LogP contribution in [-0.2, 0) is 0 Å². The van der Waals surface area contributed by atoms with Gasteiger partial charge >= 0.3 is 5.69 Å². The molecule has 0 amide bonds. The quantitative estimate of drug-likeness (QED) is 0.712. The summed E-state index contributed by atoms with van der Waals surface area (Å²) in [7, 11) is 0. The van der Waals surface area contributed by atoms with E-state index in [4.69, 9.17) is 5.73 Å². The van der Waals surface area contributed by atoms with Crippen LogP contribution in [0.2, 0.25) is 0 Å². The number of nitrogens with zero attached hydrogens (tertiary/aromatic N) is 4. The maximum atomic E-state index is 11.8. The van der Waals surface area contributed by atoms with Crippen LogP contribution in [0.1, 0.15) is 18.9 Å². The number of rotatable bonds is 3. The first-order chi connectivity index (χ1) is 10.2. The minimum Gasteiger partial charge on any atom is -0.368 e. The Labute approximate surface area is 123 Å². The molecule has 4 rings (SSSR count). The van der Waals surface area contributed by atoms with Crippen molar-refractivity contribution in [2.45, 2.75) is 29.1 Å². The van der Waals surface area contributed by atoms with Crippen LogP contribution in [0.4, 0.5) is 5.95 Å². The summed E-state index contributed by atoms with van der Waals surface area (Å²) in [6.45, 7) is 0. The molecule has 2 aromatic heterocycles. The number of nitrogen functional groups attached to an aromatic ring is 1. The molecule has 7 nitrogen and oxygen atoms in total. The van der Waals surface area contributed by atoms with Crippen molar-refractivity contribution in [3.8, 4) is 0 Å². The third kappa shape index (κ3) is 2.17. The van der Waals surface area contributed by atoms with Crippen LogP contribution < -0.4 is 11.4 Å². The van der Waals surface area contributed by atoms with Gasteiger partial charge < -0.3 is 5.73 Å². The predicted molar refractivity (Wildman–Crippen MR) is 79.2 cm³/mol. The first-order valence-electron chi connectivity index (χ1n) is 6.59. The van der Waals surface area contributed by atoms with Gasteiger partial charge in [-0.15, -0.1) is 5.10 Å². The van der Waals surface area contributed by atoms with E-state index in [1.54, 1.807) is 4.57 Å². The Hall–Kier alpha value is -2.35. The number of hydrogen-bond donors (Lipinski definition) is 2. The van der Waals surface area contributed by atoms with Crippen molar-refractivity contribution in [3.63, 3.8) is 0 Å². The van der Waals surface area contributed by atoms with Gasteiger partial charge in [-0.3, -0.25) is 4.57 Å². The summed E-state index contributed by atoms with van der Waals surface area (Å²) >= 11 is 1.34. The summed E-state index contributed by atoms with van der Waals surface area (Å²) in [6, 6.07) is 7.89. The average Bonchev–Trinajstić information content (AvgIpc) is 3.23. The average molecular weight is 300 g/mol. The highest BCUT2D eigenvalue weighted by Crippen LogP contribution is 2.38. The Morgan fingerprint density at radius 3 is 2.90 bits per heavy atom. The topological polar surface area (TPSA) is 102 Å². The molecule has 1 saturated carbocycles. The van der Waals surface area contributed by atoms with Gasteiger partial charge in [-0.1, -0.05) is 18.2 Å². The zero-order chi connectivity index (χ0) is 14.4. The molecular formula is C13H12N6OS. The molecule has 8 heteroatoms. The van der Waals surface area contributed by atoms with Crippen LogP contribution in [-0.4, -0.2) is 24.7 Å². The maximum absolute atomic E-state index is 11.8. The highest BCUT2D eigenvalue weighted by Gasteiger charge is 2.29. The van der Waals surface area contributed by atoms with Gasteiger partial charge in [0.25, 0.3) is 0 Å². The Morgan fingerprint density at radius 1 is 1.29 bits per heavy atom. The van der Waals surface area contributed by atoms with E-state index >= 15 is 0 Å². The molecule has 106 valence electrons. The molecule has 0 radical (unpaired) electrons. The van der Waals surface area contributed by atoms with E-state index in [9.17, 15) is 4.79 Å². The number of benzene rings is 1. The lowest BCUT2D eigenvalue weighted by atomic mass is 10.2. The van der Waals surface area contributed by atoms with Gasteiger partial charge in [0.05, 0.1) is 5.52 Å². The minimum absolute atomic E-state index is 0.175. The summed E-state index contributed by atoms with van der Waals surface area (Å²) < 4.78 is 1.69. The number of fused-ring (bicyclic) bond motifs is 1. The SMILES string of the molecule is Nc1nc(Sc2n[nH]c(=O)n2C2CC2)c2ccccc2n1. The van der Waals surface area contributed by atoms with Crippen LogP contribution in [0.25, 0.3) is 10.9 Å². The lowest BCUT2D eigenvalue weighted by Gasteiger charge is -2.06. The van der Waals surface area contributed by atoms with Crippen LogP contribution in [0, 0.1) is 0 Å². The Bertz CT molecular complexity index is 882. The Kier molecular flexibility index (Phi) is 2.71. The fourth-order valence-electron chi connectivity index (χ4n) is 2.25. The molecule has 3 aromatic rings. The minimum atomic E-state index is -0.175. The summed E-state index contributed by atoms with van der Waals surface area (Å²) in [5.74, 6) is 0.215. The number of nitrogens with one attached hydrogen (secondary N) is 1. The van der Waals surface area contributed by atoms with Gasteiger partial charge in [0.15, 0.2) is 5.16 Å². The fraction of sp³-hybridized carbons (Fsp3) is 0.231. The summed E-state index contributed by atoms with van der Waals surface area (Å²) in [4.78, 5) is 20.3. The van der Waals surface area contributed by atoms with E-state index in [-0.39, 0.29) is 17.7 Å². The van der Waals surface area contributed by atoms with Crippen molar-refractivity contribution in [2.75, 3.05) is 5.73 Å². The zero-order valence-corrected chi connectivity index (χ0v) is 11.8. The smallest absolute Gasteiger partial charge is 0.344 e. The third-order valence-electron chi connectivity index (χ3n) is 3.36. The third-order valence-corrected chi connectivity index (χ3v) is 4.33. The van der Waals surface area contributed by atoms with Crippen molar-refractivity contribution in [2.24, 2.45) is 0 Å².